The summed E-state index contributed by atoms with van der Waals surface area (Å²) in [4.78, 5) is 35.0. The van der Waals surface area contributed by atoms with Gasteiger partial charge in [-0.2, -0.15) is 0 Å². The van der Waals surface area contributed by atoms with Crippen molar-refractivity contribution in [2.45, 2.75) is 20.3 Å². The SMILES string of the molecule is CCOC(=O)c1c(NC(=O)CCCl)sc(C(N)=O)c1C. The van der Waals surface area contributed by atoms with Crippen LogP contribution in [0.4, 0.5) is 5.00 Å². The lowest BCUT2D eigenvalue weighted by molar-refractivity contribution is -0.115. The number of thiophene rings is 1. The number of halogens is 1. The van der Waals surface area contributed by atoms with E-state index in [0.29, 0.717) is 5.56 Å². The Morgan fingerprint density at radius 3 is 2.55 bits per heavy atom. The summed E-state index contributed by atoms with van der Waals surface area (Å²) >= 11 is 6.43. The Kier molecular flexibility index (Phi) is 5.97. The lowest BCUT2D eigenvalue weighted by atomic mass is 10.1. The summed E-state index contributed by atoms with van der Waals surface area (Å²) in [5.74, 6) is -1.44. The number of ether oxygens (including phenoxy) is 1. The number of amides is 2. The minimum absolute atomic E-state index is 0.104. The van der Waals surface area contributed by atoms with Crippen molar-refractivity contribution in [3.05, 3.63) is 16.0 Å². The molecule has 0 fully saturated rings. The number of nitrogens with two attached hydrogens (primary N) is 1. The van der Waals surface area contributed by atoms with Gasteiger partial charge in [-0.1, -0.05) is 0 Å². The minimum atomic E-state index is -0.657. The number of primary amides is 1. The quantitative estimate of drug-likeness (QED) is 0.618. The molecule has 0 aromatic carbocycles. The van der Waals surface area contributed by atoms with E-state index < -0.39 is 11.9 Å². The number of hydrogen-bond acceptors (Lipinski definition) is 5. The van der Waals surface area contributed by atoms with Crippen molar-refractivity contribution in [1.82, 2.24) is 0 Å². The highest BCUT2D eigenvalue weighted by atomic mass is 35.5. The van der Waals surface area contributed by atoms with Gasteiger partial charge in [-0.15, -0.1) is 22.9 Å². The van der Waals surface area contributed by atoms with Crippen LogP contribution in [0.5, 0.6) is 0 Å². The van der Waals surface area contributed by atoms with E-state index in [1.807, 2.05) is 0 Å². The van der Waals surface area contributed by atoms with Crippen molar-refractivity contribution in [1.29, 1.82) is 0 Å². The first kappa shape index (κ1) is 16.5. The molecule has 1 aromatic heterocycles. The maximum atomic E-state index is 11.9. The largest absolute Gasteiger partial charge is 0.462 e. The first-order valence-electron chi connectivity index (χ1n) is 5.88. The molecule has 110 valence electrons. The number of esters is 1. The molecule has 0 spiro atoms. The monoisotopic (exact) mass is 318 g/mol. The molecule has 3 N–H and O–H groups in total. The van der Waals surface area contributed by atoms with Crippen LogP contribution in [-0.4, -0.2) is 30.3 Å². The molecule has 1 heterocycles. The lowest BCUT2D eigenvalue weighted by Crippen LogP contribution is -2.15. The molecule has 1 rings (SSSR count). The molecule has 0 saturated heterocycles. The second-order valence-corrected chi connectivity index (χ2v) is 5.23. The smallest absolute Gasteiger partial charge is 0.341 e. The van der Waals surface area contributed by atoms with Gasteiger partial charge < -0.3 is 15.8 Å². The highest BCUT2D eigenvalue weighted by Gasteiger charge is 2.25. The van der Waals surface area contributed by atoms with E-state index in [1.54, 1.807) is 13.8 Å². The summed E-state index contributed by atoms with van der Waals surface area (Å²) in [5.41, 5.74) is 5.81. The maximum Gasteiger partial charge on any atom is 0.341 e. The molecule has 20 heavy (non-hydrogen) atoms. The number of nitrogens with one attached hydrogen (secondary N) is 1. The normalized spacial score (nSPS) is 10.2. The fraction of sp³-hybridized carbons (Fsp3) is 0.417. The molecule has 0 unspecified atom stereocenters. The van der Waals surface area contributed by atoms with E-state index in [1.165, 1.54) is 0 Å². The Balaban J connectivity index is 3.19. The summed E-state index contributed by atoms with van der Waals surface area (Å²) in [5, 5.41) is 2.81. The Hall–Kier alpha value is -1.60. The van der Waals surface area contributed by atoms with E-state index in [0.717, 1.165) is 11.3 Å². The van der Waals surface area contributed by atoms with E-state index >= 15 is 0 Å². The number of carbonyl (C=O) groups is 3. The van der Waals surface area contributed by atoms with Crippen LogP contribution in [0.3, 0.4) is 0 Å². The van der Waals surface area contributed by atoms with Crippen LogP contribution in [0.2, 0.25) is 0 Å². The third-order valence-electron chi connectivity index (χ3n) is 2.42. The van der Waals surface area contributed by atoms with Crippen molar-refractivity contribution in [2.24, 2.45) is 5.73 Å². The van der Waals surface area contributed by atoms with Gasteiger partial charge in [-0.3, -0.25) is 9.59 Å². The molecule has 0 radical (unpaired) electrons. The van der Waals surface area contributed by atoms with Crippen LogP contribution in [0.25, 0.3) is 0 Å². The van der Waals surface area contributed by atoms with Gasteiger partial charge in [-0.05, 0) is 19.4 Å². The molecule has 0 aliphatic rings. The van der Waals surface area contributed by atoms with Crippen LogP contribution in [-0.2, 0) is 9.53 Å². The molecule has 0 aliphatic carbocycles. The van der Waals surface area contributed by atoms with E-state index in [2.05, 4.69) is 5.32 Å². The van der Waals surface area contributed by atoms with Crippen molar-refractivity contribution in [3.8, 4) is 0 Å². The van der Waals surface area contributed by atoms with Crippen LogP contribution in [0.1, 0.15) is 38.9 Å². The summed E-state index contributed by atoms with van der Waals surface area (Å²) < 4.78 is 4.92. The van der Waals surface area contributed by atoms with Crippen molar-refractivity contribution in [3.63, 3.8) is 0 Å². The van der Waals surface area contributed by atoms with Gasteiger partial charge in [0.1, 0.15) is 5.00 Å². The van der Waals surface area contributed by atoms with E-state index in [9.17, 15) is 14.4 Å². The number of anilines is 1. The molecule has 2 amide bonds. The summed E-state index contributed by atoms with van der Waals surface area (Å²) in [6.45, 7) is 3.44. The average Bonchev–Trinajstić information content (AvgIpc) is 2.66. The topological polar surface area (TPSA) is 98.5 Å². The van der Waals surface area contributed by atoms with Crippen LogP contribution in [0.15, 0.2) is 0 Å². The minimum Gasteiger partial charge on any atom is -0.462 e. The first-order valence-corrected chi connectivity index (χ1v) is 7.23. The third-order valence-corrected chi connectivity index (χ3v) is 3.84. The Labute approximate surface area is 125 Å². The standard InChI is InChI=1S/C12H15ClN2O4S/c1-3-19-12(18)8-6(2)9(10(14)17)20-11(8)15-7(16)4-5-13/h3-5H2,1-2H3,(H2,14,17)(H,15,16). The van der Waals surface area contributed by atoms with Crippen LogP contribution in [0, 0.1) is 6.92 Å². The predicted molar refractivity (Wildman–Crippen MR) is 77.5 cm³/mol. The van der Waals surface area contributed by atoms with E-state index in [4.69, 9.17) is 22.1 Å². The number of rotatable bonds is 6. The number of alkyl halides is 1. The predicted octanol–water partition coefficient (Wildman–Crippen LogP) is 1.90. The van der Waals surface area contributed by atoms with Crippen LogP contribution < -0.4 is 11.1 Å². The maximum absolute atomic E-state index is 11.9. The molecule has 6 nitrogen and oxygen atoms in total. The number of carbonyl (C=O) groups excluding carboxylic acids is 3. The molecule has 0 bridgehead atoms. The second kappa shape index (κ2) is 7.25. The molecule has 0 atom stereocenters. The molecule has 0 aliphatic heterocycles. The summed E-state index contributed by atoms with van der Waals surface area (Å²) in [7, 11) is 0. The van der Waals surface area contributed by atoms with Crippen molar-refractivity contribution in [2.75, 3.05) is 17.8 Å². The Bertz CT molecular complexity index is 542. The molecule has 8 heteroatoms. The highest BCUT2D eigenvalue weighted by Crippen LogP contribution is 2.33. The van der Waals surface area contributed by atoms with E-state index in [-0.39, 0.29) is 40.3 Å². The summed E-state index contributed by atoms with van der Waals surface area (Å²) in [6.07, 6.45) is 0.104. The van der Waals surface area contributed by atoms with Crippen molar-refractivity contribution < 1.29 is 19.1 Å². The van der Waals surface area contributed by atoms with Gasteiger partial charge in [0.2, 0.25) is 5.91 Å². The zero-order valence-electron chi connectivity index (χ0n) is 11.1. The zero-order valence-corrected chi connectivity index (χ0v) is 12.7. The van der Waals surface area contributed by atoms with Gasteiger partial charge in [0.25, 0.3) is 5.91 Å². The van der Waals surface area contributed by atoms with Gasteiger partial charge in [0.05, 0.1) is 17.0 Å². The fourth-order valence-electron chi connectivity index (χ4n) is 1.56. The van der Waals surface area contributed by atoms with Crippen molar-refractivity contribution >= 4 is 45.7 Å². The van der Waals surface area contributed by atoms with Gasteiger partial charge >= 0.3 is 5.97 Å². The number of hydrogen-bond donors (Lipinski definition) is 2. The first-order chi connectivity index (χ1) is 9.42. The van der Waals surface area contributed by atoms with Gasteiger partial charge in [-0.25, -0.2) is 4.79 Å². The Morgan fingerprint density at radius 1 is 1.40 bits per heavy atom. The average molecular weight is 319 g/mol. The van der Waals surface area contributed by atoms with Gasteiger partial charge in [0.15, 0.2) is 0 Å². The summed E-state index contributed by atoms with van der Waals surface area (Å²) in [6, 6.07) is 0. The second-order valence-electron chi connectivity index (χ2n) is 3.83. The zero-order chi connectivity index (χ0) is 15.3. The molecule has 1 aromatic rings. The molecule has 0 saturated carbocycles. The lowest BCUT2D eigenvalue weighted by Gasteiger charge is -2.06. The molecular formula is C12H15ClN2O4S. The third kappa shape index (κ3) is 3.71. The fourth-order valence-corrected chi connectivity index (χ4v) is 2.80. The Morgan fingerprint density at radius 2 is 2.05 bits per heavy atom. The van der Waals surface area contributed by atoms with Crippen LogP contribution >= 0.6 is 22.9 Å². The van der Waals surface area contributed by atoms with Gasteiger partial charge in [0, 0.05) is 12.3 Å². The highest BCUT2D eigenvalue weighted by molar-refractivity contribution is 7.18. The molecular weight excluding hydrogens is 304 g/mol.